The van der Waals surface area contributed by atoms with E-state index in [1.165, 1.54) is 5.56 Å². The highest BCUT2D eigenvalue weighted by molar-refractivity contribution is 5.51. The monoisotopic (exact) mass is 191 g/mol. The predicted octanol–water partition coefficient (Wildman–Crippen LogP) is 2.32. The lowest BCUT2D eigenvalue weighted by Crippen LogP contribution is -2.15. The summed E-state index contributed by atoms with van der Waals surface area (Å²) in [6, 6.07) is 8.08. The van der Waals surface area contributed by atoms with E-state index >= 15 is 0 Å². The summed E-state index contributed by atoms with van der Waals surface area (Å²) < 4.78 is 5.54. The van der Waals surface area contributed by atoms with Crippen molar-refractivity contribution < 1.29 is 4.74 Å². The Labute approximate surface area is 85.6 Å². The SMILES string of the molecule is C/C=C/c1cccc(OCCNC)c1. The van der Waals surface area contributed by atoms with Crippen LogP contribution in [0.1, 0.15) is 12.5 Å². The summed E-state index contributed by atoms with van der Waals surface area (Å²) in [6.45, 7) is 3.58. The molecule has 0 aliphatic rings. The van der Waals surface area contributed by atoms with Gasteiger partial charge in [0.25, 0.3) is 0 Å². The van der Waals surface area contributed by atoms with Crippen molar-refractivity contribution in [2.24, 2.45) is 0 Å². The van der Waals surface area contributed by atoms with E-state index in [0.717, 1.165) is 12.3 Å². The maximum Gasteiger partial charge on any atom is 0.119 e. The first kappa shape index (κ1) is 10.8. The lowest BCUT2D eigenvalue weighted by Gasteiger charge is -2.05. The molecule has 0 saturated heterocycles. The molecule has 0 aromatic heterocycles. The van der Waals surface area contributed by atoms with Crippen LogP contribution in [0.3, 0.4) is 0 Å². The quantitative estimate of drug-likeness (QED) is 0.721. The number of nitrogens with one attached hydrogen (secondary N) is 1. The highest BCUT2D eigenvalue weighted by Crippen LogP contribution is 2.14. The predicted molar refractivity (Wildman–Crippen MR) is 60.6 cm³/mol. The van der Waals surface area contributed by atoms with E-state index in [1.807, 2.05) is 38.2 Å². The van der Waals surface area contributed by atoms with Gasteiger partial charge in [-0.15, -0.1) is 0 Å². The molecule has 14 heavy (non-hydrogen) atoms. The van der Waals surface area contributed by atoms with Crippen molar-refractivity contribution in [3.63, 3.8) is 0 Å². The van der Waals surface area contributed by atoms with E-state index in [1.54, 1.807) is 0 Å². The average Bonchev–Trinajstić information content (AvgIpc) is 2.19. The van der Waals surface area contributed by atoms with E-state index < -0.39 is 0 Å². The van der Waals surface area contributed by atoms with Crippen LogP contribution in [0.4, 0.5) is 0 Å². The van der Waals surface area contributed by atoms with Crippen molar-refractivity contribution in [1.82, 2.24) is 5.32 Å². The molecule has 0 bridgehead atoms. The second-order valence-electron chi connectivity index (χ2n) is 3.02. The highest BCUT2D eigenvalue weighted by Gasteiger charge is 1.93. The van der Waals surface area contributed by atoms with Gasteiger partial charge in [0.15, 0.2) is 0 Å². The minimum atomic E-state index is 0.704. The number of rotatable bonds is 5. The molecule has 0 amide bonds. The molecular weight excluding hydrogens is 174 g/mol. The fourth-order valence-electron chi connectivity index (χ4n) is 1.17. The molecule has 0 heterocycles. The zero-order valence-electron chi connectivity index (χ0n) is 8.79. The van der Waals surface area contributed by atoms with Gasteiger partial charge in [-0.05, 0) is 31.7 Å². The number of allylic oxidation sites excluding steroid dienone is 1. The molecule has 0 fully saturated rings. The summed E-state index contributed by atoms with van der Waals surface area (Å²) in [7, 11) is 1.92. The smallest absolute Gasteiger partial charge is 0.119 e. The minimum Gasteiger partial charge on any atom is -0.492 e. The van der Waals surface area contributed by atoms with Gasteiger partial charge < -0.3 is 10.1 Å². The maximum atomic E-state index is 5.54. The van der Waals surface area contributed by atoms with E-state index in [0.29, 0.717) is 6.61 Å². The normalized spacial score (nSPS) is 10.7. The van der Waals surface area contributed by atoms with Crippen LogP contribution >= 0.6 is 0 Å². The van der Waals surface area contributed by atoms with E-state index in [4.69, 9.17) is 4.74 Å². The fraction of sp³-hybridized carbons (Fsp3) is 0.333. The Hall–Kier alpha value is -1.28. The zero-order chi connectivity index (χ0) is 10.2. The van der Waals surface area contributed by atoms with Gasteiger partial charge in [-0.1, -0.05) is 24.3 Å². The van der Waals surface area contributed by atoms with Gasteiger partial charge >= 0.3 is 0 Å². The van der Waals surface area contributed by atoms with Crippen molar-refractivity contribution in [3.8, 4) is 5.75 Å². The van der Waals surface area contributed by atoms with Crippen LogP contribution in [-0.2, 0) is 0 Å². The zero-order valence-corrected chi connectivity index (χ0v) is 8.79. The van der Waals surface area contributed by atoms with Gasteiger partial charge in [0, 0.05) is 6.54 Å². The van der Waals surface area contributed by atoms with Crippen LogP contribution in [0.15, 0.2) is 30.3 Å². The maximum absolute atomic E-state index is 5.54. The van der Waals surface area contributed by atoms with Crippen LogP contribution in [0.5, 0.6) is 5.75 Å². The molecule has 0 aliphatic heterocycles. The Kier molecular flexibility index (Phi) is 4.79. The first-order valence-corrected chi connectivity index (χ1v) is 4.87. The van der Waals surface area contributed by atoms with Crippen LogP contribution in [0.2, 0.25) is 0 Å². The van der Waals surface area contributed by atoms with Gasteiger partial charge in [-0.3, -0.25) is 0 Å². The Balaban J connectivity index is 2.54. The molecular formula is C12H17NO. The molecule has 0 aliphatic carbocycles. The molecule has 1 N–H and O–H groups in total. The molecule has 0 spiro atoms. The fourth-order valence-corrected chi connectivity index (χ4v) is 1.17. The molecule has 2 nitrogen and oxygen atoms in total. The largest absolute Gasteiger partial charge is 0.492 e. The Morgan fingerprint density at radius 2 is 2.29 bits per heavy atom. The van der Waals surface area contributed by atoms with Crippen LogP contribution in [0, 0.1) is 0 Å². The van der Waals surface area contributed by atoms with E-state index in [9.17, 15) is 0 Å². The molecule has 2 heteroatoms. The summed E-state index contributed by atoms with van der Waals surface area (Å²) >= 11 is 0. The number of ether oxygens (including phenoxy) is 1. The first-order valence-electron chi connectivity index (χ1n) is 4.87. The van der Waals surface area contributed by atoms with Gasteiger partial charge in [-0.25, -0.2) is 0 Å². The summed E-state index contributed by atoms with van der Waals surface area (Å²) in [4.78, 5) is 0. The third kappa shape index (κ3) is 3.62. The molecule has 0 atom stereocenters. The second kappa shape index (κ2) is 6.22. The van der Waals surface area contributed by atoms with Gasteiger partial charge in [0.05, 0.1) is 0 Å². The highest BCUT2D eigenvalue weighted by atomic mass is 16.5. The van der Waals surface area contributed by atoms with Crippen molar-refractivity contribution in [2.45, 2.75) is 6.92 Å². The molecule has 1 rings (SSSR count). The number of hydrogen-bond acceptors (Lipinski definition) is 2. The lowest BCUT2D eigenvalue weighted by molar-refractivity contribution is 0.318. The van der Waals surface area contributed by atoms with Gasteiger partial charge in [0.1, 0.15) is 12.4 Å². The molecule has 0 radical (unpaired) electrons. The summed E-state index contributed by atoms with van der Waals surface area (Å²) in [6.07, 6.45) is 4.08. The van der Waals surface area contributed by atoms with E-state index in [-0.39, 0.29) is 0 Å². The van der Waals surface area contributed by atoms with Crippen molar-refractivity contribution >= 4 is 6.08 Å². The summed E-state index contributed by atoms with van der Waals surface area (Å²) in [5.74, 6) is 0.927. The number of hydrogen-bond donors (Lipinski definition) is 1. The Morgan fingerprint density at radius 3 is 3.00 bits per heavy atom. The molecule has 1 aromatic rings. The van der Waals surface area contributed by atoms with Crippen molar-refractivity contribution in [3.05, 3.63) is 35.9 Å². The third-order valence-electron chi connectivity index (χ3n) is 1.84. The lowest BCUT2D eigenvalue weighted by atomic mass is 10.2. The van der Waals surface area contributed by atoms with Crippen molar-refractivity contribution in [2.75, 3.05) is 20.2 Å². The van der Waals surface area contributed by atoms with Crippen LogP contribution < -0.4 is 10.1 Å². The van der Waals surface area contributed by atoms with Gasteiger partial charge in [-0.2, -0.15) is 0 Å². The third-order valence-corrected chi connectivity index (χ3v) is 1.84. The van der Waals surface area contributed by atoms with E-state index in [2.05, 4.69) is 17.5 Å². The van der Waals surface area contributed by atoms with Crippen LogP contribution in [-0.4, -0.2) is 20.2 Å². The van der Waals surface area contributed by atoms with Crippen molar-refractivity contribution in [1.29, 1.82) is 0 Å². The first-order chi connectivity index (χ1) is 6.86. The number of likely N-dealkylation sites (N-methyl/N-ethyl adjacent to an activating group) is 1. The standard InChI is InChI=1S/C12H17NO/c1-3-5-11-6-4-7-12(10-11)14-9-8-13-2/h3-7,10,13H,8-9H2,1-2H3/b5-3+. The second-order valence-corrected chi connectivity index (χ2v) is 3.02. The Morgan fingerprint density at radius 1 is 1.43 bits per heavy atom. The van der Waals surface area contributed by atoms with Gasteiger partial charge in [0.2, 0.25) is 0 Å². The summed E-state index contributed by atoms with van der Waals surface area (Å²) in [5.41, 5.74) is 1.18. The minimum absolute atomic E-state index is 0.704. The number of benzene rings is 1. The van der Waals surface area contributed by atoms with Crippen LogP contribution in [0.25, 0.3) is 6.08 Å². The topological polar surface area (TPSA) is 21.3 Å². The molecule has 0 unspecified atom stereocenters. The average molecular weight is 191 g/mol. The Bertz CT molecular complexity index is 294. The summed E-state index contributed by atoms with van der Waals surface area (Å²) in [5, 5.41) is 3.04. The molecule has 1 aromatic carbocycles. The molecule has 76 valence electrons. The molecule has 0 saturated carbocycles.